The monoisotopic (exact) mass is 486 g/mol. The Bertz CT molecular complexity index is 1500. The Balaban J connectivity index is 1.17. The van der Waals surface area contributed by atoms with Crippen LogP contribution in [0.5, 0.6) is 5.75 Å². The van der Waals surface area contributed by atoms with E-state index in [1.807, 2.05) is 42.3 Å². The molecule has 1 unspecified atom stereocenters. The molecule has 10 nitrogen and oxygen atoms in total. The molecule has 2 saturated heterocycles. The highest BCUT2D eigenvalue weighted by molar-refractivity contribution is 6.06. The number of piperidine rings is 2. The lowest BCUT2D eigenvalue weighted by atomic mass is 9.93. The van der Waals surface area contributed by atoms with Crippen molar-refractivity contribution in [2.75, 3.05) is 13.1 Å². The van der Waals surface area contributed by atoms with Crippen molar-refractivity contribution < 1.29 is 19.1 Å². The van der Waals surface area contributed by atoms with Crippen LogP contribution in [0.1, 0.15) is 47.7 Å². The lowest BCUT2D eigenvalue weighted by molar-refractivity contribution is -0.134. The van der Waals surface area contributed by atoms with Gasteiger partial charge in [0, 0.05) is 62.6 Å². The number of para-hydroxylation sites is 1. The molecule has 5 heterocycles. The van der Waals surface area contributed by atoms with Crippen molar-refractivity contribution >= 4 is 39.7 Å². The molecule has 1 atom stereocenters. The lowest BCUT2D eigenvalue weighted by Crippen LogP contribution is -2.41. The van der Waals surface area contributed by atoms with E-state index in [2.05, 4.69) is 20.4 Å². The fourth-order valence-corrected chi connectivity index (χ4v) is 5.29. The molecular weight excluding hydrogens is 460 g/mol. The van der Waals surface area contributed by atoms with Gasteiger partial charge in [-0.25, -0.2) is 4.98 Å². The number of ether oxygens (including phenoxy) is 1. The summed E-state index contributed by atoms with van der Waals surface area (Å²) in [6, 6.07) is 9.48. The summed E-state index contributed by atoms with van der Waals surface area (Å²) in [4.78, 5) is 46.4. The molecule has 10 heteroatoms. The van der Waals surface area contributed by atoms with Gasteiger partial charge in [0.25, 0.3) is 5.91 Å². The normalized spacial score (nSPS) is 19.1. The van der Waals surface area contributed by atoms with E-state index in [1.165, 1.54) is 0 Å². The molecule has 2 aliphatic rings. The third-order valence-corrected chi connectivity index (χ3v) is 7.13. The molecule has 0 spiro atoms. The van der Waals surface area contributed by atoms with E-state index in [1.54, 1.807) is 17.1 Å². The Morgan fingerprint density at radius 1 is 1.08 bits per heavy atom. The number of pyridine rings is 1. The number of likely N-dealkylation sites (tertiary alicyclic amines) is 1. The molecule has 184 valence electrons. The first-order valence-electron chi connectivity index (χ1n) is 12.2. The third-order valence-electron chi connectivity index (χ3n) is 7.13. The van der Waals surface area contributed by atoms with Gasteiger partial charge in [0.1, 0.15) is 23.0 Å². The highest BCUT2D eigenvalue weighted by Gasteiger charge is 2.32. The van der Waals surface area contributed by atoms with Crippen LogP contribution >= 0.6 is 0 Å². The van der Waals surface area contributed by atoms with Crippen molar-refractivity contribution in [3.05, 3.63) is 54.0 Å². The number of hydrogen-bond donors (Lipinski definition) is 2. The minimum Gasteiger partial charge on any atom is -0.488 e. The Hall–Kier alpha value is -4.21. The Morgan fingerprint density at radius 3 is 2.69 bits per heavy atom. The number of rotatable bonds is 4. The van der Waals surface area contributed by atoms with Gasteiger partial charge in [-0.15, -0.1) is 0 Å². The van der Waals surface area contributed by atoms with Crippen LogP contribution in [0.3, 0.4) is 0 Å². The average Bonchev–Trinajstić information content (AvgIpc) is 3.46. The Kier molecular flexibility index (Phi) is 5.43. The zero-order valence-corrected chi connectivity index (χ0v) is 19.9. The Morgan fingerprint density at radius 2 is 1.89 bits per heavy atom. The van der Waals surface area contributed by atoms with Crippen molar-refractivity contribution in [3.8, 4) is 5.75 Å². The van der Waals surface area contributed by atoms with Crippen LogP contribution in [0.25, 0.3) is 21.9 Å². The van der Waals surface area contributed by atoms with Gasteiger partial charge in [0.15, 0.2) is 0 Å². The maximum absolute atomic E-state index is 13.1. The van der Waals surface area contributed by atoms with Crippen LogP contribution in [-0.2, 0) is 16.6 Å². The average molecular weight is 487 g/mol. The van der Waals surface area contributed by atoms with Gasteiger partial charge < -0.3 is 14.6 Å². The van der Waals surface area contributed by atoms with E-state index in [4.69, 9.17) is 4.74 Å². The number of carbonyl (C=O) groups excluding carboxylic acids is 3. The summed E-state index contributed by atoms with van der Waals surface area (Å²) in [6.07, 6.45) is 5.55. The van der Waals surface area contributed by atoms with Gasteiger partial charge in [-0.05, 0) is 24.6 Å². The minimum absolute atomic E-state index is 0.00434. The van der Waals surface area contributed by atoms with Crippen LogP contribution in [-0.4, -0.2) is 61.6 Å². The van der Waals surface area contributed by atoms with Gasteiger partial charge in [-0.3, -0.25) is 24.4 Å². The van der Waals surface area contributed by atoms with Crippen LogP contribution < -0.4 is 10.1 Å². The summed E-state index contributed by atoms with van der Waals surface area (Å²) in [6.45, 7) is 1.19. The quantitative estimate of drug-likeness (QED) is 0.428. The number of nitrogens with zero attached hydrogens (tertiary/aromatic N) is 4. The first kappa shape index (κ1) is 22.3. The molecule has 0 saturated carbocycles. The molecule has 1 aromatic carbocycles. The van der Waals surface area contributed by atoms with Crippen molar-refractivity contribution in [2.24, 2.45) is 7.05 Å². The summed E-state index contributed by atoms with van der Waals surface area (Å²) >= 11 is 0. The number of benzene rings is 1. The second-order valence-corrected chi connectivity index (χ2v) is 9.38. The van der Waals surface area contributed by atoms with Crippen molar-refractivity contribution in [3.63, 3.8) is 0 Å². The number of H-pyrrole nitrogens is 1. The molecule has 3 amide bonds. The largest absolute Gasteiger partial charge is 0.488 e. The number of nitrogens with one attached hydrogen (secondary N) is 2. The van der Waals surface area contributed by atoms with Gasteiger partial charge in [-0.1, -0.05) is 12.1 Å². The zero-order chi connectivity index (χ0) is 24.8. The number of amides is 3. The second kappa shape index (κ2) is 8.78. The predicted octanol–water partition coefficient (Wildman–Crippen LogP) is 2.65. The number of aromatic nitrogens is 4. The topological polar surface area (TPSA) is 122 Å². The number of aryl methyl sites for hydroxylation is 1. The summed E-state index contributed by atoms with van der Waals surface area (Å²) in [5.74, 6) is -0.313. The highest BCUT2D eigenvalue weighted by Crippen LogP contribution is 2.35. The molecular formula is C26H26N6O4. The van der Waals surface area contributed by atoms with Crippen LogP contribution in [0.4, 0.5) is 0 Å². The molecule has 0 aliphatic carbocycles. The summed E-state index contributed by atoms with van der Waals surface area (Å²) in [5.41, 5.74) is 2.83. The standard InChI is InChI=1S/C26H26N6O4/c1-31-23-17(22(30-31)18-7-8-21(33)29-25(18)34)4-2-6-20(23)36-15-9-12-32(13-10-15)26(35)19-14-28-24-16(19)5-3-11-27-24/h2-6,11,14-15,18H,7-10,12-13H2,1H3,(H,27,28)(H,29,33,34). The summed E-state index contributed by atoms with van der Waals surface area (Å²) < 4.78 is 8.16. The summed E-state index contributed by atoms with van der Waals surface area (Å²) in [7, 11) is 1.84. The molecule has 6 rings (SSSR count). The zero-order valence-electron chi connectivity index (χ0n) is 19.9. The molecule has 0 radical (unpaired) electrons. The molecule has 36 heavy (non-hydrogen) atoms. The maximum Gasteiger partial charge on any atom is 0.256 e. The van der Waals surface area contributed by atoms with Crippen LogP contribution in [0.2, 0.25) is 0 Å². The number of fused-ring (bicyclic) bond motifs is 2. The van der Waals surface area contributed by atoms with Crippen LogP contribution in [0, 0.1) is 0 Å². The lowest BCUT2D eigenvalue weighted by Gasteiger charge is -2.32. The van der Waals surface area contributed by atoms with Gasteiger partial charge in [0.05, 0.1) is 17.2 Å². The number of hydrogen-bond acceptors (Lipinski definition) is 6. The van der Waals surface area contributed by atoms with Gasteiger partial charge >= 0.3 is 0 Å². The highest BCUT2D eigenvalue weighted by atomic mass is 16.5. The molecule has 0 bridgehead atoms. The van der Waals surface area contributed by atoms with E-state index in [-0.39, 0.29) is 23.8 Å². The number of carbonyl (C=O) groups is 3. The minimum atomic E-state index is -0.462. The molecule has 2 aliphatic heterocycles. The van der Waals surface area contributed by atoms with Crippen LogP contribution in [0.15, 0.2) is 42.7 Å². The van der Waals surface area contributed by atoms with E-state index in [0.717, 1.165) is 16.3 Å². The number of aromatic amines is 1. The smallest absolute Gasteiger partial charge is 0.256 e. The maximum atomic E-state index is 13.1. The fourth-order valence-electron chi connectivity index (χ4n) is 5.29. The Labute approximate surface area is 206 Å². The molecule has 3 aromatic heterocycles. The van der Waals surface area contributed by atoms with Crippen molar-refractivity contribution in [2.45, 2.75) is 37.7 Å². The van der Waals surface area contributed by atoms with E-state index >= 15 is 0 Å². The van der Waals surface area contributed by atoms with Gasteiger partial charge in [0.2, 0.25) is 11.8 Å². The van der Waals surface area contributed by atoms with E-state index in [9.17, 15) is 14.4 Å². The molecule has 4 aromatic rings. The number of imide groups is 1. The predicted molar refractivity (Wildman–Crippen MR) is 131 cm³/mol. The molecule has 2 fully saturated rings. The first-order valence-corrected chi connectivity index (χ1v) is 12.2. The van der Waals surface area contributed by atoms with Crippen molar-refractivity contribution in [1.29, 1.82) is 0 Å². The van der Waals surface area contributed by atoms with Gasteiger partial charge in [-0.2, -0.15) is 5.10 Å². The van der Waals surface area contributed by atoms with Crippen molar-refractivity contribution in [1.82, 2.24) is 30.0 Å². The molecule has 2 N–H and O–H groups in total. The summed E-state index contributed by atoms with van der Waals surface area (Å²) in [5, 5.41) is 8.74. The SMILES string of the molecule is Cn1nc(C2CCC(=O)NC2=O)c2cccc(OC3CCN(C(=O)c4c[nH]c5ncccc45)CC3)c21. The van der Waals surface area contributed by atoms with E-state index in [0.29, 0.717) is 61.4 Å². The third kappa shape index (κ3) is 3.78. The first-order chi connectivity index (χ1) is 17.5. The fraction of sp³-hybridized carbons (Fsp3) is 0.346. The second-order valence-electron chi connectivity index (χ2n) is 9.38. The van der Waals surface area contributed by atoms with E-state index < -0.39 is 5.92 Å².